The average Bonchev–Trinajstić information content (AvgIpc) is 2.26. The van der Waals surface area contributed by atoms with Gasteiger partial charge in [-0.05, 0) is 19.8 Å². The smallest absolute Gasteiger partial charge is 0.461 e. The van der Waals surface area contributed by atoms with E-state index in [9.17, 15) is 22.8 Å². The molecule has 1 amide bonds. The van der Waals surface area contributed by atoms with Crippen molar-refractivity contribution in [3.8, 4) is 0 Å². The molecule has 2 unspecified atom stereocenters. The number of hydrogen-bond donors (Lipinski definition) is 1. The molecule has 2 atom stereocenters. The summed E-state index contributed by atoms with van der Waals surface area (Å²) < 4.78 is 41.1. The van der Waals surface area contributed by atoms with Crippen molar-refractivity contribution >= 4 is 11.9 Å². The molecule has 7 heteroatoms. The van der Waals surface area contributed by atoms with Crippen molar-refractivity contribution in [2.45, 2.75) is 58.4 Å². The fraction of sp³-hybridized carbons (Fsp3) is 0.818. The van der Waals surface area contributed by atoms with Gasteiger partial charge in [0.15, 0.2) is 0 Å². The minimum Gasteiger partial charge on any atom is -0.461 e. The number of halogens is 3. The first kappa shape index (κ1) is 16.7. The first-order valence-electron chi connectivity index (χ1n) is 5.80. The third kappa shape index (κ3) is 5.88. The molecule has 1 N–H and O–H groups in total. The van der Waals surface area contributed by atoms with Crippen molar-refractivity contribution in [3.63, 3.8) is 0 Å². The minimum absolute atomic E-state index is 0.108. The van der Waals surface area contributed by atoms with Crippen molar-refractivity contribution in [1.82, 2.24) is 5.32 Å². The molecule has 0 radical (unpaired) electrons. The summed E-state index contributed by atoms with van der Waals surface area (Å²) in [6.07, 6.45) is -4.27. The number of carbonyl (C=O) groups excluding carboxylic acids is 2. The van der Waals surface area contributed by atoms with Crippen molar-refractivity contribution in [2.24, 2.45) is 0 Å². The molecule has 0 rings (SSSR count). The summed E-state index contributed by atoms with van der Waals surface area (Å²) in [5.41, 5.74) is 0. The Morgan fingerprint density at radius 2 is 1.83 bits per heavy atom. The van der Waals surface area contributed by atoms with E-state index in [2.05, 4.69) is 0 Å². The third-order valence-electron chi connectivity index (χ3n) is 2.32. The fourth-order valence-corrected chi connectivity index (χ4v) is 1.14. The van der Waals surface area contributed by atoms with Gasteiger partial charge in [0.05, 0.1) is 6.10 Å². The maximum Gasteiger partial charge on any atom is 0.471 e. The molecule has 0 aromatic heterocycles. The van der Waals surface area contributed by atoms with Gasteiger partial charge in [-0.2, -0.15) is 13.2 Å². The lowest BCUT2D eigenvalue weighted by Gasteiger charge is -2.20. The van der Waals surface area contributed by atoms with Crippen LogP contribution in [0.25, 0.3) is 0 Å². The summed E-state index contributed by atoms with van der Waals surface area (Å²) >= 11 is 0. The lowest BCUT2D eigenvalue weighted by Crippen LogP contribution is -2.47. The standard InChI is InChI=1S/C11H18F3NO3/c1-4-6-8(9(16)18-7(3)5-2)15-10(17)11(12,13)14/h7-8H,4-6H2,1-3H3,(H,15,17). The monoisotopic (exact) mass is 269 g/mol. The number of alkyl halides is 3. The fourth-order valence-electron chi connectivity index (χ4n) is 1.14. The van der Waals surface area contributed by atoms with Crippen LogP contribution in [0, 0.1) is 0 Å². The number of ether oxygens (including phenoxy) is 1. The van der Waals surface area contributed by atoms with Crippen LogP contribution >= 0.6 is 0 Å². The van der Waals surface area contributed by atoms with Crippen LogP contribution in [0.1, 0.15) is 40.0 Å². The van der Waals surface area contributed by atoms with Crippen LogP contribution in [0.3, 0.4) is 0 Å². The van der Waals surface area contributed by atoms with Crippen LogP contribution in [-0.4, -0.2) is 30.2 Å². The molecule has 0 aliphatic rings. The highest BCUT2D eigenvalue weighted by molar-refractivity contribution is 5.87. The van der Waals surface area contributed by atoms with E-state index in [0.29, 0.717) is 12.8 Å². The Bertz CT molecular complexity index is 292. The Kier molecular flexibility index (Phi) is 6.72. The number of amides is 1. The van der Waals surface area contributed by atoms with Gasteiger partial charge in [0.1, 0.15) is 6.04 Å². The predicted octanol–water partition coefficient (Wildman–Crippen LogP) is 2.18. The highest BCUT2D eigenvalue weighted by atomic mass is 19.4. The van der Waals surface area contributed by atoms with E-state index in [0.717, 1.165) is 0 Å². The van der Waals surface area contributed by atoms with Gasteiger partial charge in [-0.3, -0.25) is 4.79 Å². The summed E-state index contributed by atoms with van der Waals surface area (Å²) in [5, 5.41) is 1.65. The highest BCUT2D eigenvalue weighted by Gasteiger charge is 2.41. The zero-order valence-electron chi connectivity index (χ0n) is 10.6. The van der Waals surface area contributed by atoms with E-state index in [1.807, 2.05) is 0 Å². The van der Waals surface area contributed by atoms with E-state index in [4.69, 9.17) is 4.74 Å². The van der Waals surface area contributed by atoms with Crippen LogP contribution in [0.15, 0.2) is 0 Å². The molecule has 0 aliphatic heterocycles. The molecular weight excluding hydrogens is 251 g/mol. The van der Waals surface area contributed by atoms with Gasteiger partial charge in [-0.1, -0.05) is 20.3 Å². The second-order valence-electron chi connectivity index (χ2n) is 3.97. The molecule has 0 saturated heterocycles. The van der Waals surface area contributed by atoms with E-state index in [1.54, 1.807) is 26.1 Å². The zero-order valence-corrected chi connectivity index (χ0v) is 10.6. The van der Waals surface area contributed by atoms with Gasteiger partial charge in [-0.15, -0.1) is 0 Å². The number of nitrogens with one attached hydrogen (secondary N) is 1. The van der Waals surface area contributed by atoms with Crippen molar-refractivity contribution in [1.29, 1.82) is 0 Å². The SMILES string of the molecule is CCCC(NC(=O)C(F)(F)F)C(=O)OC(C)CC. The Balaban J connectivity index is 4.56. The van der Waals surface area contributed by atoms with Crippen molar-refractivity contribution < 1.29 is 27.5 Å². The average molecular weight is 269 g/mol. The number of esters is 1. The third-order valence-corrected chi connectivity index (χ3v) is 2.32. The second kappa shape index (κ2) is 7.23. The summed E-state index contributed by atoms with van der Waals surface area (Å²) in [4.78, 5) is 22.3. The largest absolute Gasteiger partial charge is 0.471 e. The lowest BCUT2D eigenvalue weighted by molar-refractivity contribution is -0.176. The van der Waals surface area contributed by atoms with Gasteiger partial charge in [0, 0.05) is 0 Å². The van der Waals surface area contributed by atoms with Crippen molar-refractivity contribution in [3.05, 3.63) is 0 Å². The molecule has 0 fully saturated rings. The van der Waals surface area contributed by atoms with Crippen molar-refractivity contribution in [2.75, 3.05) is 0 Å². The molecule has 0 aromatic carbocycles. The number of carbonyl (C=O) groups is 2. The van der Waals surface area contributed by atoms with Crippen LogP contribution in [-0.2, 0) is 14.3 Å². The first-order valence-corrected chi connectivity index (χ1v) is 5.80. The van der Waals surface area contributed by atoms with Crippen LogP contribution in [0.5, 0.6) is 0 Å². The van der Waals surface area contributed by atoms with E-state index in [1.165, 1.54) is 0 Å². The number of hydrogen-bond acceptors (Lipinski definition) is 3. The predicted molar refractivity (Wildman–Crippen MR) is 58.7 cm³/mol. The van der Waals surface area contributed by atoms with Crippen LogP contribution < -0.4 is 5.32 Å². The van der Waals surface area contributed by atoms with Gasteiger partial charge in [-0.25, -0.2) is 4.79 Å². The summed E-state index contributed by atoms with van der Waals surface area (Å²) in [5.74, 6) is -2.95. The molecule has 0 aromatic rings. The molecule has 0 spiro atoms. The molecule has 0 heterocycles. The van der Waals surface area contributed by atoms with Gasteiger partial charge >= 0.3 is 18.1 Å². The minimum atomic E-state index is -5.00. The Morgan fingerprint density at radius 3 is 2.22 bits per heavy atom. The van der Waals surface area contributed by atoms with Crippen LogP contribution in [0.2, 0.25) is 0 Å². The van der Waals surface area contributed by atoms with E-state index in [-0.39, 0.29) is 12.5 Å². The summed E-state index contributed by atoms with van der Waals surface area (Å²) in [6.45, 7) is 5.11. The van der Waals surface area contributed by atoms with Crippen LogP contribution in [0.4, 0.5) is 13.2 Å². The lowest BCUT2D eigenvalue weighted by atomic mass is 10.1. The molecule has 0 bridgehead atoms. The quantitative estimate of drug-likeness (QED) is 0.752. The molecule has 0 aliphatic carbocycles. The summed E-state index contributed by atoms with van der Waals surface area (Å²) in [7, 11) is 0. The first-order chi connectivity index (χ1) is 8.22. The molecule has 106 valence electrons. The Morgan fingerprint density at radius 1 is 1.28 bits per heavy atom. The highest BCUT2D eigenvalue weighted by Crippen LogP contribution is 2.15. The zero-order chi connectivity index (χ0) is 14.3. The Hall–Kier alpha value is -1.27. The maximum atomic E-state index is 12.1. The molecule has 18 heavy (non-hydrogen) atoms. The molecule has 0 saturated carbocycles. The van der Waals surface area contributed by atoms with E-state index >= 15 is 0 Å². The van der Waals surface area contributed by atoms with E-state index < -0.39 is 24.1 Å². The normalized spacial score (nSPS) is 14.8. The maximum absolute atomic E-state index is 12.1. The Labute approximate surface area is 104 Å². The molecular formula is C11H18F3NO3. The number of rotatable bonds is 6. The van der Waals surface area contributed by atoms with Gasteiger partial charge in [0.2, 0.25) is 0 Å². The van der Waals surface area contributed by atoms with Gasteiger partial charge < -0.3 is 10.1 Å². The summed E-state index contributed by atoms with van der Waals surface area (Å²) in [6, 6.07) is -1.25. The van der Waals surface area contributed by atoms with Gasteiger partial charge in [0.25, 0.3) is 0 Å². The topological polar surface area (TPSA) is 55.4 Å². The second-order valence-corrected chi connectivity index (χ2v) is 3.97. The molecule has 4 nitrogen and oxygen atoms in total.